The van der Waals surface area contributed by atoms with Crippen molar-refractivity contribution in [2.24, 2.45) is 5.41 Å². The van der Waals surface area contributed by atoms with E-state index in [9.17, 15) is 9.90 Å². The Morgan fingerprint density at radius 2 is 2.10 bits per heavy atom. The number of aryl methyl sites for hydroxylation is 1. The minimum Gasteiger partial charge on any atom is -0.481 e. The zero-order valence-electron chi connectivity index (χ0n) is 12.4. The van der Waals surface area contributed by atoms with E-state index in [-0.39, 0.29) is 11.8 Å². The fourth-order valence-corrected chi connectivity index (χ4v) is 3.52. The highest BCUT2D eigenvalue weighted by atomic mass is 16.4. The van der Waals surface area contributed by atoms with Crippen molar-refractivity contribution < 1.29 is 14.3 Å². The molecule has 1 aliphatic rings. The zero-order chi connectivity index (χ0) is 14.9. The van der Waals surface area contributed by atoms with Crippen LogP contribution in [0.15, 0.2) is 22.6 Å². The molecule has 21 heavy (non-hydrogen) atoms. The Hall–Kier alpha value is -1.84. The number of rotatable bonds is 4. The number of carbonyl (C=O) groups is 1. The number of carboxylic acids is 1. The molecule has 4 heteroatoms. The molecule has 1 aliphatic carbocycles. The second-order valence-corrected chi connectivity index (χ2v) is 6.39. The molecule has 0 spiro atoms. The lowest BCUT2D eigenvalue weighted by Crippen LogP contribution is -2.29. The van der Waals surface area contributed by atoms with Gasteiger partial charge in [-0.1, -0.05) is 25.3 Å². The van der Waals surface area contributed by atoms with Crippen LogP contribution in [0.2, 0.25) is 0 Å². The van der Waals surface area contributed by atoms with Crippen molar-refractivity contribution in [1.29, 1.82) is 0 Å². The third-order valence-corrected chi connectivity index (χ3v) is 4.55. The summed E-state index contributed by atoms with van der Waals surface area (Å²) >= 11 is 0. The predicted octanol–water partition coefficient (Wildman–Crippen LogP) is 4.10. The van der Waals surface area contributed by atoms with Gasteiger partial charge in [0, 0.05) is 6.42 Å². The maximum absolute atomic E-state index is 11.2. The van der Waals surface area contributed by atoms with Gasteiger partial charge in [-0.3, -0.25) is 4.79 Å². The third kappa shape index (κ3) is 3.09. The lowest BCUT2D eigenvalue weighted by Gasteiger charge is -2.35. The van der Waals surface area contributed by atoms with E-state index in [0.29, 0.717) is 12.3 Å². The monoisotopic (exact) mass is 287 g/mol. The van der Waals surface area contributed by atoms with Crippen molar-refractivity contribution in [3.63, 3.8) is 0 Å². The molecule has 0 aliphatic heterocycles. The highest BCUT2D eigenvalue weighted by molar-refractivity contribution is 5.73. The average Bonchev–Trinajstić information content (AvgIpc) is 2.79. The zero-order valence-corrected chi connectivity index (χ0v) is 12.4. The number of aliphatic carboxylic acids is 1. The molecule has 0 radical (unpaired) electrons. The molecule has 1 aromatic heterocycles. The fourth-order valence-electron chi connectivity index (χ4n) is 3.52. The second-order valence-electron chi connectivity index (χ2n) is 6.39. The molecule has 0 saturated heterocycles. The Morgan fingerprint density at radius 1 is 1.33 bits per heavy atom. The second kappa shape index (κ2) is 5.51. The molecule has 1 heterocycles. The van der Waals surface area contributed by atoms with Crippen LogP contribution in [0.4, 0.5) is 0 Å². The first-order chi connectivity index (χ1) is 10.1. The van der Waals surface area contributed by atoms with E-state index in [4.69, 9.17) is 4.42 Å². The smallest absolute Gasteiger partial charge is 0.303 e. The highest BCUT2D eigenvalue weighted by Gasteiger charge is 2.36. The van der Waals surface area contributed by atoms with Crippen LogP contribution in [0.1, 0.15) is 50.0 Å². The summed E-state index contributed by atoms with van der Waals surface area (Å²) in [6.07, 6.45) is 6.17. The molecule has 112 valence electrons. The molecule has 0 bridgehead atoms. The first-order valence-corrected chi connectivity index (χ1v) is 7.64. The van der Waals surface area contributed by atoms with Gasteiger partial charge in [0.2, 0.25) is 0 Å². The average molecular weight is 287 g/mol. The Kier molecular flexibility index (Phi) is 3.70. The van der Waals surface area contributed by atoms with Crippen LogP contribution < -0.4 is 0 Å². The van der Waals surface area contributed by atoms with Crippen molar-refractivity contribution in [3.05, 3.63) is 29.7 Å². The van der Waals surface area contributed by atoms with Gasteiger partial charge in [0.15, 0.2) is 11.5 Å². The summed E-state index contributed by atoms with van der Waals surface area (Å²) in [6, 6.07) is 5.95. The van der Waals surface area contributed by atoms with E-state index in [1.807, 2.05) is 25.1 Å². The van der Waals surface area contributed by atoms with Gasteiger partial charge in [-0.15, -0.1) is 0 Å². The van der Waals surface area contributed by atoms with Crippen LogP contribution in [-0.4, -0.2) is 16.1 Å². The molecular weight excluding hydrogens is 266 g/mol. The number of carboxylic acid groups (broad SMARTS) is 1. The topological polar surface area (TPSA) is 63.3 Å². The van der Waals surface area contributed by atoms with Gasteiger partial charge in [0.1, 0.15) is 5.52 Å². The maximum atomic E-state index is 11.2. The van der Waals surface area contributed by atoms with Crippen LogP contribution in [0.25, 0.3) is 11.1 Å². The predicted molar refractivity (Wildman–Crippen MR) is 80.2 cm³/mol. The van der Waals surface area contributed by atoms with E-state index in [1.165, 1.54) is 6.42 Å². The van der Waals surface area contributed by atoms with E-state index in [0.717, 1.165) is 42.3 Å². The normalized spacial score (nSPS) is 18.0. The van der Waals surface area contributed by atoms with Crippen molar-refractivity contribution in [2.75, 3.05) is 0 Å². The molecule has 0 amide bonds. The fraction of sp³-hybridized carbons (Fsp3) is 0.529. The summed E-state index contributed by atoms with van der Waals surface area (Å²) in [7, 11) is 0. The molecule has 1 N–H and O–H groups in total. The molecule has 0 atom stereocenters. The summed E-state index contributed by atoms with van der Waals surface area (Å²) in [5.74, 6) is -0.0393. The Labute approximate surface area is 124 Å². The Morgan fingerprint density at radius 3 is 2.81 bits per heavy atom. The summed E-state index contributed by atoms with van der Waals surface area (Å²) in [5, 5.41) is 9.23. The van der Waals surface area contributed by atoms with Crippen LogP contribution >= 0.6 is 0 Å². The molecular formula is C17H21NO3. The standard InChI is InChI=1S/C17H21NO3/c1-12-5-6-14-13(9-12)18-15(21-14)10-17(11-16(19)20)7-3-2-4-8-17/h5-6,9H,2-4,7-8,10-11H2,1H3,(H,19,20). The lowest BCUT2D eigenvalue weighted by atomic mass is 9.69. The van der Waals surface area contributed by atoms with E-state index in [2.05, 4.69) is 4.98 Å². The first-order valence-electron chi connectivity index (χ1n) is 7.64. The number of oxazole rings is 1. The molecule has 3 rings (SSSR count). The summed E-state index contributed by atoms with van der Waals surface area (Å²) in [6.45, 7) is 2.03. The Bertz CT molecular complexity index is 653. The summed E-state index contributed by atoms with van der Waals surface area (Å²) < 4.78 is 5.83. The summed E-state index contributed by atoms with van der Waals surface area (Å²) in [5.41, 5.74) is 2.63. The largest absolute Gasteiger partial charge is 0.481 e. The van der Waals surface area contributed by atoms with Gasteiger partial charge in [-0.25, -0.2) is 4.98 Å². The minimum atomic E-state index is -0.719. The van der Waals surface area contributed by atoms with Gasteiger partial charge < -0.3 is 9.52 Å². The van der Waals surface area contributed by atoms with Crippen LogP contribution in [0.3, 0.4) is 0 Å². The van der Waals surface area contributed by atoms with Crippen molar-refractivity contribution in [2.45, 2.75) is 51.9 Å². The number of benzene rings is 1. The van der Waals surface area contributed by atoms with E-state index >= 15 is 0 Å². The number of hydrogen-bond donors (Lipinski definition) is 1. The lowest BCUT2D eigenvalue weighted by molar-refractivity contribution is -0.140. The van der Waals surface area contributed by atoms with Gasteiger partial charge in [0.05, 0.1) is 6.42 Å². The third-order valence-electron chi connectivity index (χ3n) is 4.55. The number of hydrogen-bond acceptors (Lipinski definition) is 3. The van der Waals surface area contributed by atoms with Gasteiger partial charge >= 0.3 is 5.97 Å². The minimum absolute atomic E-state index is 0.181. The summed E-state index contributed by atoms with van der Waals surface area (Å²) in [4.78, 5) is 15.8. The first kappa shape index (κ1) is 14.1. The molecule has 0 unspecified atom stereocenters. The van der Waals surface area contributed by atoms with Crippen molar-refractivity contribution in [3.8, 4) is 0 Å². The SMILES string of the molecule is Cc1ccc2oc(CC3(CC(=O)O)CCCCC3)nc2c1. The number of aromatic nitrogens is 1. The van der Waals surface area contributed by atoms with E-state index in [1.54, 1.807) is 0 Å². The van der Waals surface area contributed by atoms with E-state index < -0.39 is 5.97 Å². The van der Waals surface area contributed by atoms with Gasteiger partial charge in [0.25, 0.3) is 0 Å². The van der Waals surface area contributed by atoms with Crippen LogP contribution in [0, 0.1) is 12.3 Å². The Balaban J connectivity index is 1.88. The van der Waals surface area contributed by atoms with Crippen LogP contribution in [0.5, 0.6) is 0 Å². The quantitative estimate of drug-likeness (QED) is 0.919. The highest BCUT2D eigenvalue weighted by Crippen LogP contribution is 2.42. The molecule has 1 fully saturated rings. The van der Waals surface area contributed by atoms with Crippen molar-refractivity contribution in [1.82, 2.24) is 4.98 Å². The number of fused-ring (bicyclic) bond motifs is 1. The molecule has 4 nitrogen and oxygen atoms in total. The van der Waals surface area contributed by atoms with Crippen molar-refractivity contribution >= 4 is 17.1 Å². The number of nitrogens with zero attached hydrogens (tertiary/aromatic N) is 1. The van der Waals surface area contributed by atoms with Crippen LogP contribution in [-0.2, 0) is 11.2 Å². The van der Waals surface area contributed by atoms with Gasteiger partial charge in [-0.2, -0.15) is 0 Å². The molecule has 1 saturated carbocycles. The molecule has 2 aromatic rings. The maximum Gasteiger partial charge on any atom is 0.303 e. The molecule has 1 aromatic carbocycles. The van der Waals surface area contributed by atoms with Gasteiger partial charge in [-0.05, 0) is 42.9 Å².